The van der Waals surface area contributed by atoms with Crippen molar-refractivity contribution in [3.8, 4) is 0 Å². The van der Waals surface area contributed by atoms with Crippen molar-refractivity contribution in [1.82, 2.24) is 10.6 Å². The molecule has 0 unspecified atom stereocenters. The van der Waals surface area contributed by atoms with Gasteiger partial charge in [0.2, 0.25) is 0 Å². The number of hydrogen-bond acceptors (Lipinski definition) is 4. The van der Waals surface area contributed by atoms with E-state index >= 15 is 0 Å². The number of carbonyl (C=O) groups is 1. The van der Waals surface area contributed by atoms with Crippen molar-refractivity contribution in [2.45, 2.75) is 6.92 Å². The Morgan fingerprint density at radius 1 is 1.58 bits per heavy atom. The zero-order chi connectivity index (χ0) is 9.23. The van der Waals surface area contributed by atoms with Crippen LogP contribution in [-0.2, 0) is 4.74 Å². The van der Waals surface area contributed by atoms with E-state index < -0.39 is 0 Å². The van der Waals surface area contributed by atoms with Gasteiger partial charge in [-0.2, -0.15) is 0 Å². The lowest BCUT2D eigenvalue weighted by Gasteiger charge is -2.05. The van der Waals surface area contributed by atoms with Gasteiger partial charge in [0.15, 0.2) is 0 Å². The fourth-order valence-corrected chi connectivity index (χ4v) is 0.837. The van der Waals surface area contributed by atoms with Crippen LogP contribution in [0, 0.1) is 0 Å². The lowest BCUT2D eigenvalue weighted by atomic mass is 10.6. The minimum atomic E-state index is -0.345. The van der Waals surface area contributed by atoms with Gasteiger partial charge in [-0.1, -0.05) is 6.92 Å². The third kappa shape index (κ3) is 7.68. The molecule has 0 aliphatic rings. The Labute approximate surface area is 77.4 Å². The average Bonchev–Trinajstić information content (AvgIpc) is 2.09. The number of thioether (sulfide) groups is 1. The second-order valence-corrected chi connectivity index (χ2v) is 2.97. The number of hydrogen-bond donors (Lipinski definition) is 2. The Bertz CT molecular complexity index is 122. The predicted octanol–water partition coefficient (Wildman–Crippen LogP) is 0.643. The molecule has 0 aromatic heterocycles. The summed E-state index contributed by atoms with van der Waals surface area (Å²) in [5.41, 5.74) is 0. The second-order valence-electron chi connectivity index (χ2n) is 2.10. The number of nitrogens with one attached hydrogen (secondary N) is 2. The van der Waals surface area contributed by atoms with Gasteiger partial charge in [0.1, 0.15) is 6.61 Å². The summed E-state index contributed by atoms with van der Waals surface area (Å²) in [5.74, 6) is 0.597. The van der Waals surface area contributed by atoms with E-state index in [1.54, 1.807) is 11.8 Å². The van der Waals surface area contributed by atoms with Crippen molar-refractivity contribution < 1.29 is 9.53 Å². The molecular weight excluding hydrogens is 176 g/mol. The lowest BCUT2D eigenvalue weighted by molar-refractivity contribution is 0.149. The van der Waals surface area contributed by atoms with Crippen LogP contribution < -0.4 is 10.6 Å². The molecule has 0 saturated heterocycles. The number of rotatable bonds is 6. The minimum Gasteiger partial charge on any atom is -0.448 e. The third-order valence-corrected chi connectivity index (χ3v) is 1.56. The van der Waals surface area contributed by atoms with E-state index in [0.29, 0.717) is 19.0 Å². The van der Waals surface area contributed by atoms with Crippen molar-refractivity contribution in [3.63, 3.8) is 0 Å². The summed E-state index contributed by atoms with van der Waals surface area (Å²) < 4.78 is 4.82. The Kier molecular flexibility index (Phi) is 8.37. The highest BCUT2D eigenvalue weighted by Gasteiger charge is 1.97. The maximum Gasteiger partial charge on any atom is 0.407 e. The average molecular weight is 192 g/mol. The van der Waals surface area contributed by atoms with Crippen LogP contribution in [0.3, 0.4) is 0 Å². The zero-order valence-corrected chi connectivity index (χ0v) is 8.37. The second kappa shape index (κ2) is 8.67. The molecule has 0 rings (SSSR count). The molecule has 0 aromatic rings. The Morgan fingerprint density at radius 2 is 2.33 bits per heavy atom. The van der Waals surface area contributed by atoms with Crippen molar-refractivity contribution in [2.24, 2.45) is 0 Å². The summed E-state index contributed by atoms with van der Waals surface area (Å²) in [7, 11) is 0. The number of likely N-dealkylation sites (N-methyl/N-ethyl adjacent to an activating group) is 1. The normalized spacial score (nSPS) is 9.50. The highest BCUT2D eigenvalue weighted by atomic mass is 32.2. The van der Waals surface area contributed by atoms with Crippen LogP contribution in [0.4, 0.5) is 4.79 Å². The number of ether oxygens (including phenoxy) is 1. The number of amides is 1. The standard InChI is InChI=1S/C7H16N2O2S/c1-3-8-4-5-11-7(10)9-6-12-2/h8H,3-6H2,1-2H3,(H,9,10). The van der Waals surface area contributed by atoms with Crippen LogP contribution in [0.1, 0.15) is 6.92 Å². The predicted molar refractivity (Wildman–Crippen MR) is 51.4 cm³/mol. The van der Waals surface area contributed by atoms with Gasteiger partial charge in [0.05, 0.1) is 5.88 Å². The topological polar surface area (TPSA) is 50.4 Å². The number of alkyl carbamates (subject to hydrolysis) is 1. The van der Waals surface area contributed by atoms with Crippen molar-refractivity contribution in [3.05, 3.63) is 0 Å². The lowest BCUT2D eigenvalue weighted by Crippen LogP contribution is -2.27. The van der Waals surface area contributed by atoms with Gasteiger partial charge in [0, 0.05) is 6.54 Å². The molecule has 0 bridgehead atoms. The Hall–Kier alpha value is -0.420. The van der Waals surface area contributed by atoms with Crippen LogP contribution in [-0.4, -0.2) is 37.9 Å². The van der Waals surface area contributed by atoms with E-state index in [-0.39, 0.29) is 6.09 Å². The summed E-state index contributed by atoms with van der Waals surface area (Å²) in [4.78, 5) is 10.8. The maximum absolute atomic E-state index is 10.8. The van der Waals surface area contributed by atoms with E-state index in [1.807, 2.05) is 13.2 Å². The first-order valence-electron chi connectivity index (χ1n) is 3.91. The summed E-state index contributed by atoms with van der Waals surface area (Å²) in [6.07, 6.45) is 1.57. The highest BCUT2D eigenvalue weighted by molar-refractivity contribution is 7.98. The van der Waals surface area contributed by atoms with Gasteiger partial charge in [-0.05, 0) is 12.8 Å². The summed E-state index contributed by atoms with van der Waals surface area (Å²) >= 11 is 1.55. The zero-order valence-electron chi connectivity index (χ0n) is 7.55. The Morgan fingerprint density at radius 3 is 2.92 bits per heavy atom. The van der Waals surface area contributed by atoms with Crippen LogP contribution in [0.5, 0.6) is 0 Å². The molecule has 5 heteroatoms. The number of carbonyl (C=O) groups excluding carboxylic acids is 1. The van der Waals surface area contributed by atoms with E-state index in [9.17, 15) is 4.79 Å². The van der Waals surface area contributed by atoms with E-state index in [2.05, 4.69) is 10.6 Å². The fraction of sp³-hybridized carbons (Fsp3) is 0.857. The highest BCUT2D eigenvalue weighted by Crippen LogP contribution is 1.86. The molecule has 0 radical (unpaired) electrons. The molecular formula is C7H16N2O2S. The van der Waals surface area contributed by atoms with Crippen LogP contribution in [0.25, 0.3) is 0 Å². The molecule has 0 aliphatic carbocycles. The van der Waals surface area contributed by atoms with Crippen molar-refractivity contribution in [1.29, 1.82) is 0 Å². The van der Waals surface area contributed by atoms with Gasteiger partial charge < -0.3 is 15.4 Å². The molecule has 0 atom stereocenters. The first kappa shape index (κ1) is 11.6. The molecule has 0 spiro atoms. The largest absolute Gasteiger partial charge is 0.448 e. The van der Waals surface area contributed by atoms with Crippen molar-refractivity contribution >= 4 is 17.9 Å². The fourth-order valence-electron chi connectivity index (χ4n) is 0.575. The third-order valence-electron chi connectivity index (χ3n) is 1.12. The summed E-state index contributed by atoms with van der Waals surface area (Å²) in [6.45, 7) is 4.04. The summed E-state index contributed by atoms with van der Waals surface area (Å²) in [6, 6.07) is 0. The molecule has 0 aromatic carbocycles. The van der Waals surface area contributed by atoms with Gasteiger partial charge in [0.25, 0.3) is 0 Å². The molecule has 72 valence electrons. The quantitative estimate of drug-likeness (QED) is 0.479. The van der Waals surface area contributed by atoms with E-state index in [0.717, 1.165) is 6.54 Å². The van der Waals surface area contributed by atoms with E-state index in [4.69, 9.17) is 4.74 Å². The molecule has 1 amide bonds. The van der Waals surface area contributed by atoms with E-state index in [1.165, 1.54) is 0 Å². The first-order valence-corrected chi connectivity index (χ1v) is 5.31. The molecule has 12 heavy (non-hydrogen) atoms. The minimum absolute atomic E-state index is 0.345. The Balaban J connectivity index is 3.08. The van der Waals surface area contributed by atoms with Gasteiger partial charge in [-0.25, -0.2) is 4.79 Å². The van der Waals surface area contributed by atoms with Gasteiger partial charge in [-0.15, -0.1) is 11.8 Å². The summed E-state index contributed by atoms with van der Waals surface area (Å²) in [5, 5.41) is 5.63. The van der Waals surface area contributed by atoms with Crippen LogP contribution in [0.15, 0.2) is 0 Å². The molecule has 4 nitrogen and oxygen atoms in total. The maximum atomic E-state index is 10.8. The monoisotopic (exact) mass is 192 g/mol. The first-order chi connectivity index (χ1) is 5.81. The van der Waals surface area contributed by atoms with Crippen LogP contribution in [0.2, 0.25) is 0 Å². The van der Waals surface area contributed by atoms with Gasteiger partial charge >= 0.3 is 6.09 Å². The molecule has 0 fully saturated rings. The molecule has 0 aliphatic heterocycles. The van der Waals surface area contributed by atoms with Crippen molar-refractivity contribution in [2.75, 3.05) is 31.8 Å². The van der Waals surface area contributed by atoms with Gasteiger partial charge in [-0.3, -0.25) is 0 Å². The molecule has 2 N–H and O–H groups in total. The molecule has 0 saturated carbocycles. The smallest absolute Gasteiger partial charge is 0.407 e. The SMILES string of the molecule is CCNCCOC(=O)NCSC. The molecule has 0 heterocycles. The van der Waals surface area contributed by atoms with Crippen LogP contribution >= 0.6 is 11.8 Å².